The van der Waals surface area contributed by atoms with Crippen molar-refractivity contribution in [2.75, 3.05) is 5.73 Å². The minimum atomic E-state index is 0.496. The molecule has 0 spiro atoms. The number of nitrogens with zero attached hydrogens (tertiary/aromatic N) is 2. The van der Waals surface area contributed by atoms with Crippen LogP contribution in [0.4, 0.5) is 5.82 Å². The van der Waals surface area contributed by atoms with Gasteiger partial charge in [0.05, 0.1) is 5.52 Å². The van der Waals surface area contributed by atoms with Crippen LogP contribution in [0.5, 0.6) is 0 Å². The lowest BCUT2D eigenvalue weighted by Crippen LogP contribution is -1.98. The summed E-state index contributed by atoms with van der Waals surface area (Å²) in [5.41, 5.74) is 14.4. The zero-order valence-electron chi connectivity index (χ0n) is 18.4. The predicted molar refractivity (Wildman–Crippen MR) is 134 cm³/mol. The van der Waals surface area contributed by atoms with Crippen molar-refractivity contribution in [3.63, 3.8) is 0 Å². The quantitative estimate of drug-likeness (QED) is 0.333. The monoisotopic (exact) mass is 417 g/mol. The van der Waals surface area contributed by atoms with E-state index < -0.39 is 0 Å². The topological polar surface area (TPSA) is 51.8 Å². The number of fused-ring (bicyclic) bond motifs is 3. The van der Waals surface area contributed by atoms with Gasteiger partial charge in [-0.15, -0.1) is 0 Å². The molecule has 0 unspecified atom stereocenters. The Morgan fingerprint density at radius 1 is 0.656 bits per heavy atom. The first-order valence-corrected chi connectivity index (χ1v) is 11.2. The first-order chi connectivity index (χ1) is 15.7. The van der Waals surface area contributed by atoms with Crippen LogP contribution < -0.4 is 5.73 Å². The Morgan fingerprint density at radius 3 is 1.97 bits per heavy atom. The number of nitrogen functional groups attached to an aromatic ring is 1. The van der Waals surface area contributed by atoms with Crippen molar-refractivity contribution in [2.24, 2.45) is 0 Å². The van der Waals surface area contributed by atoms with Crippen molar-refractivity contribution in [3.05, 3.63) is 113 Å². The van der Waals surface area contributed by atoms with Crippen LogP contribution >= 0.6 is 0 Å². The lowest BCUT2D eigenvalue weighted by atomic mass is 10.00. The average molecular weight is 418 g/mol. The van der Waals surface area contributed by atoms with Crippen LogP contribution in [0.1, 0.15) is 27.8 Å². The molecular weight excluding hydrogens is 390 g/mol. The van der Waals surface area contributed by atoms with Gasteiger partial charge in [-0.05, 0) is 72.6 Å². The third kappa shape index (κ3) is 4.33. The summed E-state index contributed by atoms with van der Waals surface area (Å²) in [5, 5.41) is 2.19. The summed E-state index contributed by atoms with van der Waals surface area (Å²) in [7, 11) is 0. The molecule has 0 aliphatic rings. The summed E-state index contributed by atoms with van der Waals surface area (Å²) < 4.78 is 0. The van der Waals surface area contributed by atoms with Crippen molar-refractivity contribution in [3.8, 4) is 0 Å². The normalized spacial score (nSPS) is 11.3. The van der Waals surface area contributed by atoms with Gasteiger partial charge in [0.1, 0.15) is 5.52 Å². The third-order valence-electron chi connectivity index (χ3n) is 6.14. The second-order valence-electron chi connectivity index (χ2n) is 8.56. The molecule has 0 amide bonds. The van der Waals surface area contributed by atoms with E-state index in [9.17, 15) is 0 Å². The van der Waals surface area contributed by atoms with Crippen molar-refractivity contribution < 1.29 is 0 Å². The standard InChI is InChI=1S/C29H27N3/c1-20-7-16-25-26-18-24(19-31-28(26)29(30)32-27(25)17-20)15-14-23-12-10-22(11-13-23)9-8-21-5-3-2-4-6-21/h2-7,10-13,16-19H,8-9,14-15H2,1H3,(H2,30,32). The summed E-state index contributed by atoms with van der Waals surface area (Å²) in [5.74, 6) is 0.496. The van der Waals surface area contributed by atoms with Gasteiger partial charge in [0.2, 0.25) is 0 Å². The molecule has 5 aromatic rings. The maximum absolute atomic E-state index is 6.19. The van der Waals surface area contributed by atoms with Gasteiger partial charge in [0.15, 0.2) is 5.82 Å². The minimum absolute atomic E-state index is 0.496. The lowest BCUT2D eigenvalue weighted by molar-refractivity contribution is 0.937. The number of aromatic nitrogens is 2. The molecule has 32 heavy (non-hydrogen) atoms. The molecule has 2 aromatic heterocycles. The zero-order valence-corrected chi connectivity index (χ0v) is 18.4. The number of pyridine rings is 2. The summed E-state index contributed by atoms with van der Waals surface area (Å²) >= 11 is 0. The molecule has 0 saturated heterocycles. The second-order valence-corrected chi connectivity index (χ2v) is 8.56. The highest BCUT2D eigenvalue weighted by atomic mass is 14.9. The minimum Gasteiger partial charge on any atom is -0.382 e. The molecule has 0 fully saturated rings. The van der Waals surface area contributed by atoms with E-state index in [0.29, 0.717) is 5.82 Å². The number of nitrogens with two attached hydrogens (primary N) is 1. The molecule has 2 N–H and O–H groups in total. The van der Waals surface area contributed by atoms with Crippen LogP contribution in [0, 0.1) is 6.92 Å². The lowest BCUT2D eigenvalue weighted by Gasteiger charge is -2.09. The molecule has 0 bridgehead atoms. The first-order valence-electron chi connectivity index (χ1n) is 11.2. The van der Waals surface area contributed by atoms with E-state index in [2.05, 4.69) is 95.8 Å². The summed E-state index contributed by atoms with van der Waals surface area (Å²) in [6, 6.07) is 28.3. The smallest absolute Gasteiger partial charge is 0.150 e. The van der Waals surface area contributed by atoms with Gasteiger partial charge in [-0.2, -0.15) is 0 Å². The highest BCUT2D eigenvalue weighted by molar-refractivity contribution is 6.08. The molecular formula is C29H27N3. The Morgan fingerprint density at radius 2 is 1.28 bits per heavy atom. The van der Waals surface area contributed by atoms with Gasteiger partial charge in [0, 0.05) is 17.0 Å². The van der Waals surface area contributed by atoms with Gasteiger partial charge in [-0.3, -0.25) is 4.98 Å². The number of hydrogen-bond acceptors (Lipinski definition) is 3. The SMILES string of the molecule is Cc1ccc2c(c1)nc(N)c1ncc(CCc3ccc(CCc4ccccc4)cc3)cc12. The maximum Gasteiger partial charge on any atom is 0.150 e. The van der Waals surface area contributed by atoms with Gasteiger partial charge in [-0.1, -0.05) is 66.7 Å². The Hall–Kier alpha value is -3.72. The highest BCUT2D eigenvalue weighted by Crippen LogP contribution is 2.28. The number of hydrogen-bond donors (Lipinski definition) is 1. The van der Waals surface area contributed by atoms with Gasteiger partial charge >= 0.3 is 0 Å². The molecule has 5 rings (SSSR count). The Labute approximate surface area is 189 Å². The zero-order chi connectivity index (χ0) is 21.9. The largest absolute Gasteiger partial charge is 0.382 e. The van der Waals surface area contributed by atoms with Crippen LogP contribution in [0.15, 0.2) is 85.1 Å². The van der Waals surface area contributed by atoms with E-state index in [4.69, 9.17) is 5.73 Å². The van der Waals surface area contributed by atoms with Crippen LogP contribution in [-0.4, -0.2) is 9.97 Å². The predicted octanol–water partition coefficient (Wildman–Crippen LogP) is 6.24. The molecule has 0 radical (unpaired) electrons. The van der Waals surface area contributed by atoms with Gasteiger partial charge in [-0.25, -0.2) is 4.98 Å². The molecule has 3 heteroatoms. The van der Waals surface area contributed by atoms with Gasteiger partial charge in [0.25, 0.3) is 0 Å². The van der Waals surface area contributed by atoms with E-state index in [1.165, 1.54) is 27.8 Å². The second kappa shape index (κ2) is 8.80. The molecule has 0 aliphatic carbocycles. The Bertz CT molecular complexity index is 1370. The van der Waals surface area contributed by atoms with Crippen molar-refractivity contribution >= 4 is 27.6 Å². The molecule has 158 valence electrons. The van der Waals surface area contributed by atoms with Crippen molar-refractivity contribution in [1.82, 2.24) is 9.97 Å². The van der Waals surface area contributed by atoms with Crippen LogP contribution in [-0.2, 0) is 25.7 Å². The summed E-state index contributed by atoms with van der Waals surface area (Å²) in [6.07, 6.45) is 6.02. The number of aryl methyl sites for hydroxylation is 5. The fourth-order valence-electron chi connectivity index (χ4n) is 4.29. The van der Waals surface area contributed by atoms with Crippen molar-refractivity contribution in [2.45, 2.75) is 32.6 Å². The molecule has 0 saturated carbocycles. The van der Waals surface area contributed by atoms with E-state index in [1.807, 2.05) is 6.20 Å². The molecule has 0 aliphatic heterocycles. The number of benzene rings is 3. The summed E-state index contributed by atoms with van der Waals surface area (Å²) in [6.45, 7) is 2.07. The van der Waals surface area contributed by atoms with E-state index in [1.54, 1.807) is 0 Å². The molecule has 3 nitrogen and oxygen atoms in total. The van der Waals surface area contributed by atoms with Gasteiger partial charge < -0.3 is 5.73 Å². The number of anilines is 1. The van der Waals surface area contributed by atoms with E-state index >= 15 is 0 Å². The maximum atomic E-state index is 6.19. The Balaban J connectivity index is 1.30. The van der Waals surface area contributed by atoms with Crippen molar-refractivity contribution in [1.29, 1.82) is 0 Å². The first kappa shape index (κ1) is 20.2. The molecule has 2 heterocycles. The van der Waals surface area contributed by atoms with E-state index in [0.717, 1.165) is 47.5 Å². The Kier molecular flexibility index (Phi) is 5.55. The van der Waals surface area contributed by atoms with E-state index in [-0.39, 0.29) is 0 Å². The van der Waals surface area contributed by atoms with Crippen LogP contribution in [0.3, 0.4) is 0 Å². The number of rotatable bonds is 6. The van der Waals surface area contributed by atoms with Crippen LogP contribution in [0.25, 0.3) is 21.8 Å². The third-order valence-corrected chi connectivity index (χ3v) is 6.14. The fourth-order valence-corrected chi connectivity index (χ4v) is 4.29. The molecule has 3 aromatic carbocycles. The molecule has 0 atom stereocenters. The average Bonchev–Trinajstić information content (AvgIpc) is 2.82. The summed E-state index contributed by atoms with van der Waals surface area (Å²) in [4.78, 5) is 9.19. The van der Waals surface area contributed by atoms with Crippen LogP contribution in [0.2, 0.25) is 0 Å². The fraction of sp³-hybridized carbons (Fsp3) is 0.172. The highest BCUT2D eigenvalue weighted by Gasteiger charge is 2.09.